The van der Waals surface area contributed by atoms with E-state index in [1.165, 1.54) is 0 Å². The minimum absolute atomic E-state index is 0.152. The molecule has 5 rings (SSSR count). The molecule has 0 saturated heterocycles. The van der Waals surface area contributed by atoms with Crippen LogP contribution in [-0.4, -0.2) is 30.9 Å². The molecule has 0 saturated carbocycles. The van der Waals surface area contributed by atoms with Crippen molar-refractivity contribution in [3.8, 4) is 17.2 Å². The maximum absolute atomic E-state index is 12.7. The Labute approximate surface area is 189 Å². The molecule has 2 aromatic carbocycles. The zero-order valence-corrected chi connectivity index (χ0v) is 17.8. The van der Waals surface area contributed by atoms with Crippen molar-refractivity contribution < 1.29 is 14.3 Å². The van der Waals surface area contributed by atoms with E-state index in [9.17, 15) is 4.79 Å². The van der Waals surface area contributed by atoms with Crippen LogP contribution >= 0.6 is 0 Å². The Bertz CT molecular complexity index is 1420. The van der Waals surface area contributed by atoms with Gasteiger partial charge in [0.2, 0.25) is 0 Å². The second-order valence-corrected chi connectivity index (χ2v) is 7.32. The van der Waals surface area contributed by atoms with Crippen LogP contribution in [0.3, 0.4) is 0 Å². The summed E-state index contributed by atoms with van der Waals surface area (Å²) in [5, 5.41) is 9.16. The molecule has 162 valence electrons. The van der Waals surface area contributed by atoms with E-state index in [1.54, 1.807) is 54.5 Å². The first kappa shape index (κ1) is 20.3. The van der Waals surface area contributed by atoms with E-state index in [4.69, 9.17) is 9.47 Å². The van der Waals surface area contributed by atoms with Crippen LogP contribution in [0, 0.1) is 6.92 Å². The smallest absolute Gasteiger partial charge is 0.366 e. The van der Waals surface area contributed by atoms with Gasteiger partial charge in [0.05, 0.1) is 16.9 Å². The second kappa shape index (κ2) is 8.88. The molecule has 0 aliphatic heterocycles. The van der Waals surface area contributed by atoms with Crippen molar-refractivity contribution >= 4 is 16.9 Å². The summed E-state index contributed by atoms with van der Waals surface area (Å²) in [4.78, 5) is 21.0. The zero-order valence-electron chi connectivity index (χ0n) is 17.8. The number of fused-ring (bicyclic) bond motifs is 1. The summed E-state index contributed by atoms with van der Waals surface area (Å²) in [7, 11) is 0. The van der Waals surface area contributed by atoms with E-state index < -0.39 is 5.97 Å². The lowest BCUT2D eigenvalue weighted by Crippen LogP contribution is -2.11. The third kappa shape index (κ3) is 4.40. The summed E-state index contributed by atoms with van der Waals surface area (Å²) in [6.45, 7) is 2.20. The Balaban J connectivity index is 1.27. The number of nitrogens with zero attached hydrogens (tertiary/aromatic N) is 5. The largest absolute Gasteiger partial charge is 0.489 e. The van der Waals surface area contributed by atoms with Crippen molar-refractivity contribution in [1.82, 2.24) is 25.0 Å². The van der Waals surface area contributed by atoms with Gasteiger partial charge in [-0.1, -0.05) is 11.3 Å². The van der Waals surface area contributed by atoms with Crippen molar-refractivity contribution in [1.29, 1.82) is 0 Å². The molecule has 3 heterocycles. The maximum atomic E-state index is 12.7. The number of esters is 1. The highest BCUT2D eigenvalue weighted by molar-refractivity contribution is 5.90. The van der Waals surface area contributed by atoms with E-state index in [-0.39, 0.29) is 5.69 Å². The maximum Gasteiger partial charge on any atom is 0.366 e. The molecule has 8 heteroatoms. The highest BCUT2D eigenvalue weighted by atomic mass is 16.5. The molecule has 0 spiro atoms. The second-order valence-electron chi connectivity index (χ2n) is 7.32. The third-order valence-electron chi connectivity index (χ3n) is 5.11. The zero-order chi connectivity index (χ0) is 22.6. The molecule has 0 unspecified atom stereocenters. The van der Waals surface area contributed by atoms with E-state index >= 15 is 0 Å². The molecule has 0 radical (unpaired) electrons. The van der Waals surface area contributed by atoms with Gasteiger partial charge in [0.15, 0.2) is 5.69 Å². The molecule has 0 fully saturated rings. The third-order valence-corrected chi connectivity index (χ3v) is 5.11. The molecule has 8 nitrogen and oxygen atoms in total. The van der Waals surface area contributed by atoms with Crippen LogP contribution in [0.25, 0.3) is 16.6 Å². The Kier molecular flexibility index (Phi) is 5.47. The molecule has 0 atom stereocenters. The SMILES string of the molecule is Cc1c(C(=O)Oc2ccc(OCc3ccncc3)cc2)nnn1-c1ccc2ncccc2c1. The van der Waals surface area contributed by atoms with Gasteiger partial charge in [0, 0.05) is 24.0 Å². The van der Waals surface area contributed by atoms with Crippen molar-refractivity contribution in [2.24, 2.45) is 0 Å². The van der Waals surface area contributed by atoms with Gasteiger partial charge >= 0.3 is 5.97 Å². The number of benzene rings is 2. The Hall–Kier alpha value is -4.59. The fourth-order valence-corrected chi connectivity index (χ4v) is 3.36. The van der Waals surface area contributed by atoms with Crippen molar-refractivity contribution in [2.45, 2.75) is 13.5 Å². The summed E-state index contributed by atoms with van der Waals surface area (Å²) in [5.41, 5.74) is 3.42. The molecular weight excluding hydrogens is 418 g/mol. The molecule has 3 aromatic heterocycles. The van der Waals surface area contributed by atoms with Gasteiger partial charge in [-0.3, -0.25) is 9.97 Å². The monoisotopic (exact) mass is 437 g/mol. The number of carbonyl (C=O) groups excluding carboxylic acids is 1. The summed E-state index contributed by atoms with van der Waals surface area (Å²) in [6.07, 6.45) is 5.18. The average molecular weight is 437 g/mol. The number of pyridine rings is 2. The van der Waals surface area contributed by atoms with Crippen molar-refractivity contribution in [3.05, 3.63) is 102 Å². The van der Waals surface area contributed by atoms with Gasteiger partial charge in [-0.25, -0.2) is 9.48 Å². The molecule has 33 heavy (non-hydrogen) atoms. The minimum Gasteiger partial charge on any atom is -0.489 e. The number of hydrogen-bond acceptors (Lipinski definition) is 7. The van der Waals surface area contributed by atoms with Gasteiger partial charge < -0.3 is 9.47 Å². The predicted octanol–water partition coefficient (Wildman–Crippen LogP) is 4.32. The van der Waals surface area contributed by atoms with E-state index in [2.05, 4.69) is 20.3 Å². The van der Waals surface area contributed by atoms with Crippen LogP contribution in [-0.2, 0) is 6.61 Å². The van der Waals surface area contributed by atoms with Crippen LogP contribution < -0.4 is 9.47 Å². The first-order chi connectivity index (χ1) is 16.2. The summed E-state index contributed by atoms with van der Waals surface area (Å²) in [6, 6.07) is 20.2. The quantitative estimate of drug-likeness (QED) is 0.289. The molecular formula is C25H19N5O3. The number of ether oxygens (including phenoxy) is 2. The average Bonchev–Trinajstić information content (AvgIpc) is 3.25. The van der Waals surface area contributed by atoms with Gasteiger partial charge in [0.25, 0.3) is 0 Å². The van der Waals surface area contributed by atoms with Crippen molar-refractivity contribution in [3.63, 3.8) is 0 Å². The molecule has 0 N–H and O–H groups in total. The molecule has 5 aromatic rings. The van der Waals surface area contributed by atoms with Gasteiger partial charge in [0.1, 0.15) is 18.1 Å². The van der Waals surface area contributed by atoms with E-state index in [1.807, 2.05) is 42.5 Å². The molecule has 0 amide bonds. The fourth-order valence-electron chi connectivity index (χ4n) is 3.36. The number of carbonyl (C=O) groups is 1. The fraction of sp³-hybridized carbons (Fsp3) is 0.0800. The lowest BCUT2D eigenvalue weighted by Gasteiger charge is -2.08. The highest BCUT2D eigenvalue weighted by Crippen LogP contribution is 2.21. The lowest BCUT2D eigenvalue weighted by atomic mass is 10.2. The summed E-state index contributed by atoms with van der Waals surface area (Å²) >= 11 is 0. The predicted molar refractivity (Wildman–Crippen MR) is 121 cm³/mol. The first-order valence-corrected chi connectivity index (χ1v) is 10.3. The van der Waals surface area contributed by atoms with Crippen LogP contribution in [0.5, 0.6) is 11.5 Å². The van der Waals surface area contributed by atoms with Crippen LogP contribution in [0.4, 0.5) is 0 Å². The first-order valence-electron chi connectivity index (χ1n) is 10.3. The van der Waals surface area contributed by atoms with Gasteiger partial charge in [-0.05, 0) is 73.2 Å². The van der Waals surface area contributed by atoms with E-state index in [0.717, 1.165) is 22.2 Å². The van der Waals surface area contributed by atoms with E-state index in [0.29, 0.717) is 23.8 Å². The van der Waals surface area contributed by atoms with Crippen LogP contribution in [0.2, 0.25) is 0 Å². The Morgan fingerprint density at radius 2 is 1.73 bits per heavy atom. The normalized spacial score (nSPS) is 10.8. The Morgan fingerprint density at radius 3 is 2.55 bits per heavy atom. The van der Waals surface area contributed by atoms with Gasteiger partial charge in [-0.15, -0.1) is 5.10 Å². The minimum atomic E-state index is -0.577. The molecule has 0 bridgehead atoms. The number of aromatic nitrogens is 5. The van der Waals surface area contributed by atoms with Crippen LogP contribution in [0.1, 0.15) is 21.7 Å². The number of rotatable bonds is 6. The molecule has 0 aliphatic rings. The summed E-state index contributed by atoms with van der Waals surface area (Å²) < 4.78 is 12.8. The summed E-state index contributed by atoms with van der Waals surface area (Å²) in [5.74, 6) is 0.480. The lowest BCUT2D eigenvalue weighted by molar-refractivity contribution is 0.0727. The Morgan fingerprint density at radius 1 is 0.939 bits per heavy atom. The van der Waals surface area contributed by atoms with Crippen molar-refractivity contribution in [2.75, 3.05) is 0 Å². The highest BCUT2D eigenvalue weighted by Gasteiger charge is 2.19. The standard InChI is InChI=1S/C25H19N5O3/c1-17-24(28-29-30(17)20-4-9-23-19(15-20)3-2-12-27-23)25(31)33-22-7-5-21(6-8-22)32-16-18-10-13-26-14-11-18/h2-15H,16H2,1H3. The van der Waals surface area contributed by atoms with Gasteiger partial charge in [-0.2, -0.15) is 0 Å². The topological polar surface area (TPSA) is 92.0 Å². The number of hydrogen-bond donors (Lipinski definition) is 0. The van der Waals surface area contributed by atoms with Crippen LogP contribution in [0.15, 0.2) is 85.3 Å². The molecule has 0 aliphatic carbocycles.